The molecule has 0 aliphatic rings. The highest BCUT2D eigenvalue weighted by Crippen LogP contribution is 2.16. The average Bonchev–Trinajstić information content (AvgIpc) is 2.75. The number of hydrogen-bond donors (Lipinski definition) is 1. The van der Waals surface area contributed by atoms with Crippen molar-refractivity contribution in [3.63, 3.8) is 0 Å². The van der Waals surface area contributed by atoms with Crippen LogP contribution in [0.4, 0.5) is 0 Å². The van der Waals surface area contributed by atoms with Crippen LogP contribution in [-0.2, 0) is 10.0 Å². The first kappa shape index (κ1) is 27.3. The van der Waals surface area contributed by atoms with Crippen molar-refractivity contribution in [2.75, 3.05) is 46.1 Å². The van der Waals surface area contributed by atoms with Gasteiger partial charge in [-0.25, -0.2) is 13.1 Å². The lowest BCUT2D eigenvalue weighted by Crippen LogP contribution is -3.00. The maximum absolute atomic E-state index is 12.4. The van der Waals surface area contributed by atoms with Crippen LogP contribution in [0.25, 0.3) is 0 Å². The monoisotopic (exact) mass is 512 g/mol. The molecule has 0 unspecified atom stereocenters. The minimum atomic E-state index is -3.11. The van der Waals surface area contributed by atoms with E-state index in [4.69, 9.17) is 4.74 Å². The number of ether oxygens (including phenoxy) is 1. The highest BCUT2D eigenvalue weighted by Gasteiger charge is 2.15. The summed E-state index contributed by atoms with van der Waals surface area (Å²) in [6, 6.07) is 16.5. The highest BCUT2D eigenvalue weighted by molar-refractivity contribution is 7.89. The second-order valence-corrected chi connectivity index (χ2v) is 10.1. The lowest BCUT2D eigenvalue weighted by Gasteiger charge is -2.29. The van der Waals surface area contributed by atoms with Crippen LogP contribution in [0, 0.1) is 0 Å². The summed E-state index contributed by atoms with van der Waals surface area (Å²) in [4.78, 5) is 12.4. The van der Waals surface area contributed by atoms with Crippen LogP contribution in [-0.4, -0.2) is 64.8 Å². The van der Waals surface area contributed by atoms with E-state index in [1.165, 1.54) is 0 Å². The van der Waals surface area contributed by atoms with E-state index >= 15 is 0 Å². The highest BCUT2D eigenvalue weighted by atomic mass is 79.9. The molecule has 0 aliphatic carbocycles. The topological polar surface area (TPSA) is 72.5 Å². The summed E-state index contributed by atoms with van der Waals surface area (Å²) in [5.74, 6) is 0.866. The lowest BCUT2D eigenvalue weighted by atomic mass is 10.0. The molecule has 0 heterocycles. The number of hydrogen-bond acceptors (Lipinski definition) is 4. The number of halogens is 1. The minimum absolute atomic E-state index is 0. The van der Waals surface area contributed by atoms with Crippen LogP contribution in [0.2, 0.25) is 0 Å². The van der Waals surface area contributed by atoms with Crippen molar-refractivity contribution in [2.45, 2.75) is 19.8 Å². The molecule has 0 fully saturated rings. The van der Waals surface area contributed by atoms with Crippen molar-refractivity contribution in [2.24, 2.45) is 0 Å². The third-order valence-electron chi connectivity index (χ3n) is 4.97. The summed E-state index contributed by atoms with van der Waals surface area (Å²) in [5, 5.41) is 0. The number of rotatable bonds is 13. The Morgan fingerprint density at radius 3 is 2.13 bits per heavy atom. The van der Waals surface area contributed by atoms with Crippen LogP contribution >= 0.6 is 0 Å². The number of sulfonamides is 1. The Morgan fingerprint density at radius 1 is 0.935 bits per heavy atom. The number of nitrogens with zero attached hydrogens (tertiary/aromatic N) is 1. The van der Waals surface area contributed by atoms with Gasteiger partial charge < -0.3 is 26.2 Å². The first-order chi connectivity index (χ1) is 14.2. The zero-order chi connectivity index (χ0) is 22.0. The number of nitrogens with one attached hydrogen (secondary N) is 1. The molecule has 172 valence electrons. The summed E-state index contributed by atoms with van der Waals surface area (Å²) in [6.07, 6.45) is 1.68. The van der Waals surface area contributed by atoms with E-state index in [1.54, 1.807) is 19.1 Å². The quantitative estimate of drug-likeness (QED) is 0.234. The first-order valence-corrected chi connectivity index (χ1v) is 12.0. The van der Waals surface area contributed by atoms with Gasteiger partial charge in [0, 0.05) is 30.5 Å². The number of quaternary nitrogens is 1. The molecule has 0 saturated heterocycles. The van der Waals surface area contributed by atoms with Gasteiger partial charge in [0.25, 0.3) is 0 Å². The van der Waals surface area contributed by atoms with Crippen LogP contribution in [0.5, 0.6) is 5.75 Å². The van der Waals surface area contributed by atoms with Crippen molar-refractivity contribution in [1.29, 1.82) is 0 Å². The van der Waals surface area contributed by atoms with Crippen LogP contribution in [0.3, 0.4) is 0 Å². The molecule has 0 spiro atoms. The van der Waals surface area contributed by atoms with Crippen molar-refractivity contribution in [3.05, 3.63) is 65.7 Å². The Balaban J connectivity index is 0.00000480. The van der Waals surface area contributed by atoms with Crippen molar-refractivity contribution in [3.8, 4) is 5.75 Å². The predicted octanol–water partition coefficient (Wildman–Crippen LogP) is 0.0963. The molecule has 0 aromatic heterocycles. The summed E-state index contributed by atoms with van der Waals surface area (Å²) >= 11 is 0. The largest absolute Gasteiger partial charge is 1.00 e. The van der Waals surface area contributed by atoms with Gasteiger partial charge in [-0.2, -0.15) is 0 Å². The molecule has 0 bridgehead atoms. The molecule has 8 heteroatoms. The molecule has 2 aromatic rings. The van der Waals surface area contributed by atoms with Gasteiger partial charge in [0.05, 0.1) is 39.5 Å². The molecule has 0 radical (unpaired) electrons. The van der Waals surface area contributed by atoms with Crippen molar-refractivity contribution in [1.82, 2.24) is 4.72 Å². The first-order valence-electron chi connectivity index (χ1n) is 10.3. The summed E-state index contributed by atoms with van der Waals surface area (Å²) in [6.45, 7) is 4.53. The Labute approximate surface area is 197 Å². The number of carbonyl (C=O) groups is 1. The average molecular weight is 513 g/mol. The van der Waals surface area contributed by atoms with Crippen molar-refractivity contribution >= 4 is 15.8 Å². The summed E-state index contributed by atoms with van der Waals surface area (Å²) < 4.78 is 32.1. The molecule has 0 aliphatic heterocycles. The number of carbonyl (C=O) groups excluding carboxylic acids is 1. The van der Waals surface area contributed by atoms with E-state index in [9.17, 15) is 13.2 Å². The van der Waals surface area contributed by atoms with E-state index in [1.807, 2.05) is 42.5 Å². The van der Waals surface area contributed by atoms with Gasteiger partial charge in [-0.1, -0.05) is 30.3 Å². The van der Waals surface area contributed by atoms with Gasteiger partial charge in [-0.3, -0.25) is 4.79 Å². The van der Waals surface area contributed by atoms with E-state index in [2.05, 4.69) is 18.8 Å². The Morgan fingerprint density at radius 2 is 1.52 bits per heavy atom. The standard InChI is InChI=1S/C23H33N2O4S.BrH/c1-4-30(27,28)24-16-8-17-25(2,3)18-9-19-29-22-14-12-21(13-15-22)23(26)20-10-6-5-7-11-20;/h5-7,10-15,24H,4,8-9,16-19H2,1-3H3;1H/q+1;/p-1. The van der Waals surface area contributed by atoms with Gasteiger partial charge in [0.1, 0.15) is 5.75 Å². The lowest BCUT2D eigenvalue weighted by molar-refractivity contribution is -0.890. The summed E-state index contributed by atoms with van der Waals surface area (Å²) in [5.41, 5.74) is 1.32. The minimum Gasteiger partial charge on any atom is -1.00 e. The van der Waals surface area contributed by atoms with E-state index in [-0.39, 0.29) is 28.5 Å². The zero-order valence-corrected chi connectivity index (χ0v) is 20.9. The molecule has 2 rings (SSSR count). The second-order valence-electron chi connectivity index (χ2n) is 7.96. The predicted molar refractivity (Wildman–Crippen MR) is 120 cm³/mol. The van der Waals surface area contributed by atoms with Gasteiger partial charge in [-0.15, -0.1) is 0 Å². The molecule has 2 aromatic carbocycles. The maximum atomic E-state index is 12.4. The third kappa shape index (κ3) is 9.95. The summed E-state index contributed by atoms with van der Waals surface area (Å²) in [7, 11) is 1.16. The SMILES string of the molecule is CCS(=O)(=O)NCCC[N+](C)(C)CCCOc1ccc(C(=O)c2ccccc2)cc1.[Br-]. The molecule has 6 nitrogen and oxygen atoms in total. The Kier molecular flexibility index (Phi) is 11.4. The molecule has 1 N–H and O–H groups in total. The Bertz CT molecular complexity index is 901. The fourth-order valence-electron chi connectivity index (χ4n) is 3.09. The van der Waals surface area contributed by atoms with E-state index in [0.29, 0.717) is 24.3 Å². The van der Waals surface area contributed by atoms with Crippen LogP contribution < -0.4 is 26.4 Å². The fourth-order valence-corrected chi connectivity index (χ4v) is 3.75. The molecule has 0 atom stereocenters. The van der Waals surface area contributed by atoms with Gasteiger partial charge >= 0.3 is 0 Å². The van der Waals surface area contributed by atoms with Gasteiger partial charge in [-0.05, 0) is 31.2 Å². The van der Waals surface area contributed by atoms with Gasteiger partial charge in [0.2, 0.25) is 10.0 Å². The fraction of sp³-hybridized carbons (Fsp3) is 0.435. The van der Waals surface area contributed by atoms with E-state index in [0.717, 1.165) is 36.2 Å². The molecule has 0 amide bonds. The smallest absolute Gasteiger partial charge is 0.211 e. The van der Waals surface area contributed by atoms with Crippen LogP contribution in [0.15, 0.2) is 54.6 Å². The van der Waals surface area contributed by atoms with Crippen LogP contribution in [0.1, 0.15) is 35.7 Å². The normalized spacial score (nSPS) is 11.6. The van der Waals surface area contributed by atoms with E-state index < -0.39 is 10.0 Å². The number of benzene rings is 2. The van der Waals surface area contributed by atoms with Crippen molar-refractivity contribution < 1.29 is 39.4 Å². The zero-order valence-electron chi connectivity index (χ0n) is 18.5. The Hall–Kier alpha value is -1.74. The third-order valence-corrected chi connectivity index (χ3v) is 6.38. The molecular formula is C23H33BrN2O4S. The maximum Gasteiger partial charge on any atom is 0.211 e. The second kappa shape index (κ2) is 13.0. The molecule has 0 saturated carbocycles. The number of ketones is 1. The van der Waals surface area contributed by atoms with Gasteiger partial charge in [0.15, 0.2) is 5.78 Å². The molecule has 31 heavy (non-hydrogen) atoms. The molecular weight excluding hydrogens is 480 g/mol.